The molecular weight excluding hydrogens is 188 g/mol. The number of hydrogen-bond acceptors (Lipinski definition) is 3. The van der Waals surface area contributed by atoms with Crippen LogP contribution in [0.3, 0.4) is 0 Å². The van der Waals surface area contributed by atoms with E-state index < -0.39 is 0 Å². The second-order valence-electron chi connectivity index (χ2n) is 5.12. The lowest BCUT2D eigenvalue weighted by Gasteiger charge is -2.42. The third-order valence-corrected chi connectivity index (χ3v) is 3.32. The van der Waals surface area contributed by atoms with Gasteiger partial charge < -0.3 is 10.1 Å². The summed E-state index contributed by atoms with van der Waals surface area (Å²) in [7, 11) is 1.79. The number of ether oxygens (including phenoxy) is 1. The standard InChI is InChI=1S/C12H26N2O/c1-9(2)12-6-13-10(3)7-14(12)8-11(4)15-5/h9-13H,6-8H2,1-5H3. The van der Waals surface area contributed by atoms with Crippen LogP contribution in [0, 0.1) is 5.92 Å². The van der Waals surface area contributed by atoms with E-state index in [2.05, 4.69) is 37.9 Å². The Morgan fingerprint density at radius 2 is 2.07 bits per heavy atom. The maximum atomic E-state index is 5.35. The van der Waals surface area contributed by atoms with Gasteiger partial charge >= 0.3 is 0 Å². The maximum absolute atomic E-state index is 5.35. The fourth-order valence-electron chi connectivity index (χ4n) is 2.27. The second kappa shape index (κ2) is 5.83. The van der Waals surface area contributed by atoms with Crippen molar-refractivity contribution < 1.29 is 4.74 Å². The quantitative estimate of drug-likeness (QED) is 0.764. The monoisotopic (exact) mass is 214 g/mol. The average molecular weight is 214 g/mol. The van der Waals surface area contributed by atoms with Gasteiger partial charge in [-0.25, -0.2) is 0 Å². The van der Waals surface area contributed by atoms with Crippen LogP contribution in [0.1, 0.15) is 27.7 Å². The van der Waals surface area contributed by atoms with Gasteiger partial charge in [0, 0.05) is 38.8 Å². The zero-order valence-corrected chi connectivity index (χ0v) is 10.8. The Bertz CT molecular complexity index is 184. The van der Waals surface area contributed by atoms with Crippen molar-refractivity contribution >= 4 is 0 Å². The third kappa shape index (κ3) is 3.74. The summed E-state index contributed by atoms with van der Waals surface area (Å²) < 4.78 is 5.35. The largest absolute Gasteiger partial charge is 0.380 e. The van der Waals surface area contributed by atoms with Gasteiger partial charge in [-0.05, 0) is 19.8 Å². The van der Waals surface area contributed by atoms with E-state index in [0.29, 0.717) is 24.1 Å². The van der Waals surface area contributed by atoms with Crippen molar-refractivity contribution in [3.05, 3.63) is 0 Å². The number of piperazine rings is 1. The van der Waals surface area contributed by atoms with E-state index in [0.717, 1.165) is 19.6 Å². The molecule has 1 aliphatic rings. The van der Waals surface area contributed by atoms with Crippen molar-refractivity contribution in [3.8, 4) is 0 Å². The van der Waals surface area contributed by atoms with Gasteiger partial charge in [-0.1, -0.05) is 13.8 Å². The molecule has 3 nitrogen and oxygen atoms in total. The zero-order chi connectivity index (χ0) is 11.4. The Morgan fingerprint density at radius 1 is 1.40 bits per heavy atom. The molecule has 0 spiro atoms. The molecule has 3 heteroatoms. The summed E-state index contributed by atoms with van der Waals surface area (Å²) in [6, 6.07) is 1.25. The van der Waals surface area contributed by atoms with Crippen molar-refractivity contribution in [2.45, 2.75) is 45.9 Å². The van der Waals surface area contributed by atoms with Gasteiger partial charge in [-0.2, -0.15) is 0 Å². The molecule has 0 aromatic heterocycles. The highest BCUT2D eigenvalue weighted by atomic mass is 16.5. The first-order valence-electron chi connectivity index (χ1n) is 6.04. The number of hydrogen-bond donors (Lipinski definition) is 1. The van der Waals surface area contributed by atoms with Gasteiger partial charge in [0.1, 0.15) is 0 Å². The SMILES string of the molecule is COC(C)CN1CC(C)NCC1C(C)C. The fourth-order valence-corrected chi connectivity index (χ4v) is 2.27. The predicted molar refractivity (Wildman–Crippen MR) is 64.1 cm³/mol. The molecule has 3 atom stereocenters. The lowest BCUT2D eigenvalue weighted by molar-refractivity contribution is 0.0302. The number of nitrogens with one attached hydrogen (secondary N) is 1. The van der Waals surface area contributed by atoms with Crippen LogP contribution in [-0.4, -0.2) is 49.8 Å². The van der Waals surface area contributed by atoms with E-state index in [-0.39, 0.29) is 0 Å². The number of methoxy groups -OCH3 is 1. The van der Waals surface area contributed by atoms with Crippen molar-refractivity contribution in [1.82, 2.24) is 10.2 Å². The minimum absolute atomic E-state index is 0.330. The van der Waals surface area contributed by atoms with Crippen LogP contribution in [0.2, 0.25) is 0 Å². The maximum Gasteiger partial charge on any atom is 0.0670 e. The molecular formula is C12H26N2O. The highest BCUT2D eigenvalue weighted by Gasteiger charge is 2.28. The van der Waals surface area contributed by atoms with Gasteiger partial charge in [-0.15, -0.1) is 0 Å². The molecule has 1 aliphatic heterocycles. The Labute approximate surface area is 94.2 Å². The van der Waals surface area contributed by atoms with Crippen molar-refractivity contribution in [3.63, 3.8) is 0 Å². The average Bonchev–Trinajstić information content (AvgIpc) is 2.17. The van der Waals surface area contributed by atoms with Crippen molar-refractivity contribution in [1.29, 1.82) is 0 Å². The molecule has 3 unspecified atom stereocenters. The van der Waals surface area contributed by atoms with Gasteiger partial charge in [0.05, 0.1) is 6.10 Å². The van der Waals surface area contributed by atoms with Crippen LogP contribution in [0.15, 0.2) is 0 Å². The van der Waals surface area contributed by atoms with Crippen LogP contribution in [0.5, 0.6) is 0 Å². The minimum atomic E-state index is 0.330. The molecule has 1 saturated heterocycles. The molecule has 0 saturated carbocycles. The predicted octanol–water partition coefficient (Wildman–Crippen LogP) is 1.34. The van der Waals surface area contributed by atoms with Crippen LogP contribution >= 0.6 is 0 Å². The molecule has 0 aromatic rings. The van der Waals surface area contributed by atoms with E-state index in [1.54, 1.807) is 7.11 Å². The summed E-state index contributed by atoms with van der Waals surface area (Å²) in [4.78, 5) is 2.57. The van der Waals surface area contributed by atoms with Gasteiger partial charge in [0.25, 0.3) is 0 Å². The molecule has 1 heterocycles. The zero-order valence-electron chi connectivity index (χ0n) is 10.8. The van der Waals surface area contributed by atoms with E-state index in [1.165, 1.54) is 0 Å². The molecule has 0 aliphatic carbocycles. The first kappa shape index (κ1) is 12.9. The minimum Gasteiger partial charge on any atom is -0.380 e. The van der Waals surface area contributed by atoms with Gasteiger partial charge in [-0.3, -0.25) is 4.90 Å². The van der Waals surface area contributed by atoms with Crippen molar-refractivity contribution in [2.24, 2.45) is 5.92 Å². The van der Waals surface area contributed by atoms with E-state index in [9.17, 15) is 0 Å². The molecule has 15 heavy (non-hydrogen) atoms. The number of nitrogens with zero attached hydrogens (tertiary/aromatic N) is 1. The van der Waals surface area contributed by atoms with Gasteiger partial charge in [0.2, 0.25) is 0 Å². The molecule has 90 valence electrons. The first-order valence-corrected chi connectivity index (χ1v) is 6.04. The highest BCUT2D eigenvalue weighted by molar-refractivity contribution is 4.86. The topological polar surface area (TPSA) is 24.5 Å². The Morgan fingerprint density at radius 3 is 2.60 bits per heavy atom. The molecule has 0 bridgehead atoms. The van der Waals surface area contributed by atoms with E-state index in [1.807, 2.05) is 0 Å². The van der Waals surface area contributed by atoms with E-state index >= 15 is 0 Å². The Hall–Kier alpha value is -0.120. The first-order chi connectivity index (χ1) is 7.04. The summed E-state index contributed by atoms with van der Waals surface area (Å²) in [5.74, 6) is 0.703. The normalized spacial score (nSPS) is 30.8. The summed E-state index contributed by atoms with van der Waals surface area (Å²) in [6.45, 7) is 12.3. The van der Waals surface area contributed by atoms with Crippen LogP contribution in [0.4, 0.5) is 0 Å². The van der Waals surface area contributed by atoms with Crippen LogP contribution < -0.4 is 5.32 Å². The van der Waals surface area contributed by atoms with E-state index in [4.69, 9.17) is 4.74 Å². The Balaban J connectivity index is 2.54. The fraction of sp³-hybridized carbons (Fsp3) is 1.00. The molecule has 0 amide bonds. The summed E-state index contributed by atoms with van der Waals surface area (Å²) in [5.41, 5.74) is 0. The van der Waals surface area contributed by atoms with Crippen LogP contribution in [0.25, 0.3) is 0 Å². The third-order valence-electron chi connectivity index (χ3n) is 3.32. The highest BCUT2D eigenvalue weighted by Crippen LogP contribution is 2.15. The lowest BCUT2D eigenvalue weighted by Crippen LogP contribution is -2.58. The summed E-state index contributed by atoms with van der Waals surface area (Å²) in [5, 5.41) is 3.55. The molecule has 0 aromatic carbocycles. The molecule has 1 rings (SSSR count). The summed E-state index contributed by atoms with van der Waals surface area (Å²) in [6.07, 6.45) is 0.330. The second-order valence-corrected chi connectivity index (χ2v) is 5.12. The number of rotatable bonds is 4. The van der Waals surface area contributed by atoms with Gasteiger partial charge in [0.15, 0.2) is 0 Å². The molecule has 0 radical (unpaired) electrons. The lowest BCUT2D eigenvalue weighted by atomic mass is 9.98. The molecule has 1 fully saturated rings. The Kier molecular flexibility index (Phi) is 5.03. The smallest absolute Gasteiger partial charge is 0.0670 e. The summed E-state index contributed by atoms with van der Waals surface area (Å²) >= 11 is 0. The molecule has 1 N–H and O–H groups in total. The van der Waals surface area contributed by atoms with Crippen molar-refractivity contribution in [2.75, 3.05) is 26.7 Å². The van der Waals surface area contributed by atoms with Crippen LogP contribution in [-0.2, 0) is 4.74 Å².